The molecule has 2 aromatic carbocycles. The molecule has 5 rings (SSSR count). The van der Waals surface area contributed by atoms with Crippen LogP contribution in [0.25, 0.3) is 10.8 Å². The van der Waals surface area contributed by atoms with Crippen LogP contribution in [-0.4, -0.2) is 16.1 Å². The Morgan fingerprint density at radius 2 is 1.96 bits per heavy atom. The van der Waals surface area contributed by atoms with Crippen LogP contribution in [0.5, 0.6) is 0 Å². The van der Waals surface area contributed by atoms with Crippen molar-refractivity contribution < 1.29 is 9.34 Å². The van der Waals surface area contributed by atoms with Gasteiger partial charge in [-0.15, -0.1) is 0 Å². The molecule has 8 heteroatoms. The predicted molar refractivity (Wildman–Crippen MR) is 108 cm³/mol. The Bertz CT molecular complexity index is 1100. The molecule has 1 aromatic heterocycles. The van der Waals surface area contributed by atoms with Crippen molar-refractivity contribution in [3.05, 3.63) is 86.7 Å². The number of fused-ring (bicyclic) bond motifs is 2. The highest BCUT2D eigenvalue weighted by Gasteiger charge is 2.41. The molecule has 2 N–H and O–H groups in total. The summed E-state index contributed by atoms with van der Waals surface area (Å²) in [6.07, 6.45) is 2.54. The van der Waals surface area contributed by atoms with Gasteiger partial charge >= 0.3 is 5.88 Å². The summed E-state index contributed by atoms with van der Waals surface area (Å²) in [6, 6.07) is 17.8. The van der Waals surface area contributed by atoms with Gasteiger partial charge in [0.25, 0.3) is 0 Å². The standard InChI is InChI=1S/C20H17BrN4O3/c21-15-11-22-24-17(14-6-5-12-3-1-2-4-13(12)9-14)10-16(23-20(15)24)18-7-8-19(28-18)25(26)27/h1-9,11,16-17,20,22-23H,10H2. The van der Waals surface area contributed by atoms with Crippen LogP contribution in [0.1, 0.15) is 29.8 Å². The molecular weight excluding hydrogens is 424 g/mol. The Kier molecular flexibility index (Phi) is 4.19. The number of nitrogens with one attached hydrogen (secondary N) is 2. The lowest BCUT2D eigenvalue weighted by Gasteiger charge is -2.42. The molecule has 2 aliphatic heterocycles. The van der Waals surface area contributed by atoms with E-state index in [1.807, 2.05) is 18.3 Å². The summed E-state index contributed by atoms with van der Waals surface area (Å²) in [5.74, 6) is 0.338. The minimum Gasteiger partial charge on any atom is -0.404 e. The van der Waals surface area contributed by atoms with Crippen molar-refractivity contribution in [1.82, 2.24) is 15.8 Å². The fraction of sp³-hybridized carbons (Fsp3) is 0.200. The largest absolute Gasteiger partial charge is 0.433 e. The zero-order valence-corrected chi connectivity index (χ0v) is 16.3. The number of hydrogen-bond acceptors (Lipinski definition) is 6. The maximum atomic E-state index is 11.0. The van der Waals surface area contributed by atoms with Gasteiger partial charge < -0.3 is 9.84 Å². The Morgan fingerprint density at radius 3 is 2.75 bits per heavy atom. The SMILES string of the molecule is O=[N+]([O-])c1ccc(C2CC(c3ccc4ccccc4c3)N3NC=C(Br)C3N2)o1. The van der Waals surface area contributed by atoms with Crippen LogP contribution in [-0.2, 0) is 0 Å². The van der Waals surface area contributed by atoms with Crippen LogP contribution in [0, 0.1) is 10.1 Å². The Hall–Kier alpha value is -2.68. The lowest BCUT2D eigenvalue weighted by atomic mass is 9.93. The first-order valence-electron chi connectivity index (χ1n) is 8.99. The topological polar surface area (TPSA) is 83.6 Å². The number of hydrazine groups is 1. The van der Waals surface area contributed by atoms with Crippen LogP contribution in [0.2, 0.25) is 0 Å². The van der Waals surface area contributed by atoms with Crippen molar-refractivity contribution in [3.8, 4) is 0 Å². The van der Waals surface area contributed by atoms with Crippen molar-refractivity contribution in [3.63, 3.8) is 0 Å². The summed E-state index contributed by atoms with van der Waals surface area (Å²) < 4.78 is 6.46. The molecule has 1 fully saturated rings. The highest BCUT2D eigenvalue weighted by atomic mass is 79.9. The van der Waals surface area contributed by atoms with E-state index in [0.29, 0.717) is 12.2 Å². The Labute approximate surface area is 169 Å². The molecule has 0 radical (unpaired) electrons. The molecule has 3 aromatic rings. The molecule has 0 spiro atoms. The highest BCUT2D eigenvalue weighted by Crippen LogP contribution is 2.41. The summed E-state index contributed by atoms with van der Waals surface area (Å²) >= 11 is 3.60. The van der Waals surface area contributed by atoms with Crippen LogP contribution < -0.4 is 10.7 Å². The first-order valence-corrected chi connectivity index (χ1v) is 9.78. The normalized spacial score (nSPS) is 24.6. The van der Waals surface area contributed by atoms with Crippen LogP contribution in [0.15, 0.2) is 69.7 Å². The Morgan fingerprint density at radius 1 is 1.14 bits per heavy atom. The smallest absolute Gasteiger partial charge is 0.404 e. The molecule has 142 valence electrons. The molecule has 0 saturated carbocycles. The van der Waals surface area contributed by atoms with Crippen molar-refractivity contribution >= 4 is 32.6 Å². The molecule has 28 heavy (non-hydrogen) atoms. The molecule has 0 aliphatic carbocycles. The van der Waals surface area contributed by atoms with Crippen LogP contribution in [0.4, 0.5) is 5.88 Å². The van der Waals surface area contributed by atoms with Gasteiger partial charge in [-0.2, -0.15) is 5.01 Å². The first kappa shape index (κ1) is 17.4. The third-order valence-corrected chi connectivity index (χ3v) is 6.00. The second-order valence-corrected chi connectivity index (χ2v) is 7.89. The summed E-state index contributed by atoms with van der Waals surface area (Å²) in [7, 11) is 0. The summed E-state index contributed by atoms with van der Waals surface area (Å²) in [5.41, 5.74) is 4.50. The molecule has 3 atom stereocenters. The predicted octanol–water partition coefficient (Wildman–Crippen LogP) is 4.50. The van der Waals surface area contributed by atoms with E-state index in [0.717, 1.165) is 4.48 Å². The fourth-order valence-corrected chi connectivity index (χ4v) is 4.44. The fourth-order valence-electron chi connectivity index (χ4n) is 3.99. The number of nitrogens with zero attached hydrogens (tertiary/aromatic N) is 2. The maximum Gasteiger partial charge on any atom is 0.433 e. The van der Waals surface area contributed by atoms with E-state index in [2.05, 4.69) is 62.0 Å². The van der Waals surface area contributed by atoms with Gasteiger partial charge in [0, 0.05) is 10.7 Å². The van der Waals surface area contributed by atoms with Gasteiger partial charge in [0.05, 0.1) is 18.2 Å². The third kappa shape index (κ3) is 2.90. The van der Waals surface area contributed by atoms with E-state index in [1.165, 1.54) is 22.4 Å². The first-order chi connectivity index (χ1) is 13.6. The van der Waals surface area contributed by atoms with E-state index in [1.54, 1.807) is 6.07 Å². The number of hydrogen-bond donors (Lipinski definition) is 2. The lowest BCUT2D eigenvalue weighted by molar-refractivity contribution is -0.402. The van der Waals surface area contributed by atoms with Crippen molar-refractivity contribution in [2.45, 2.75) is 24.7 Å². The number of rotatable bonds is 3. The van der Waals surface area contributed by atoms with E-state index in [-0.39, 0.29) is 24.1 Å². The summed E-state index contributed by atoms with van der Waals surface area (Å²) in [4.78, 5) is 10.5. The summed E-state index contributed by atoms with van der Waals surface area (Å²) in [5, 5.41) is 19.0. The van der Waals surface area contributed by atoms with Crippen molar-refractivity contribution in [2.24, 2.45) is 0 Å². The van der Waals surface area contributed by atoms with E-state index < -0.39 is 4.92 Å². The second kappa shape index (κ2) is 6.73. The highest BCUT2D eigenvalue weighted by molar-refractivity contribution is 9.11. The molecular formula is C20H17BrN4O3. The van der Waals surface area contributed by atoms with E-state index >= 15 is 0 Å². The average Bonchev–Trinajstić information content (AvgIpc) is 3.35. The van der Waals surface area contributed by atoms with Crippen LogP contribution in [0.3, 0.4) is 0 Å². The van der Waals surface area contributed by atoms with Gasteiger partial charge in [-0.3, -0.25) is 15.4 Å². The molecule has 1 saturated heterocycles. The van der Waals surface area contributed by atoms with Gasteiger partial charge in [0.1, 0.15) is 16.8 Å². The average molecular weight is 441 g/mol. The van der Waals surface area contributed by atoms with Crippen molar-refractivity contribution in [1.29, 1.82) is 0 Å². The zero-order chi connectivity index (χ0) is 19.3. The minimum absolute atomic E-state index is 0.0660. The number of benzene rings is 2. The molecule has 7 nitrogen and oxygen atoms in total. The van der Waals surface area contributed by atoms with E-state index in [9.17, 15) is 10.1 Å². The van der Waals surface area contributed by atoms with Gasteiger partial charge in [0.2, 0.25) is 0 Å². The lowest BCUT2D eigenvalue weighted by Crippen LogP contribution is -2.54. The number of furan rings is 1. The quantitative estimate of drug-likeness (QED) is 0.460. The summed E-state index contributed by atoms with van der Waals surface area (Å²) in [6.45, 7) is 0. The van der Waals surface area contributed by atoms with Crippen molar-refractivity contribution in [2.75, 3.05) is 0 Å². The zero-order valence-electron chi connectivity index (χ0n) is 14.7. The van der Waals surface area contributed by atoms with Gasteiger partial charge in [0.15, 0.2) is 0 Å². The monoisotopic (exact) mass is 440 g/mol. The molecule has 2 aliphatic rings. The maximum absolute atomic E-state index is 11.0. The van der Waals surface area contributed by atoms with Crippen LogP contribution >= 0.6 is 15.9 Å². The minimum atomic E-state index is -0.508. The third-order valence-electron chi connectivity index (χ3n) is 5.34. The molecule has 3 heterocycles. The number of halogens is 1. The second-order valence-electron chi connectivity index (χ2n) is 6.98. The van der Waals surface area contributed by atoms with E-state index in [4.69, 9.17) is 4.42 Å². The van der Waals surface area contributed by atoms with Gasteiger partial charge in [-0.1, -0.05) is 52.3 Å². The molecule has 0 amide bonds. The van der Waals surface area contributed by atoms with Gasteiger partial charge in [-0.25, -0.2) is 0 Å². The molecule has 0 bridgehead atoms. The molecule has 3 unspecified atom stereocenters. The Balaban J connectivity index is 1.52. The van der Waals surface area contributed by atoms with Gasteiger partial charge in [-0.05, 0) is 34.9 Å². The number of nitro groups is 1.